The Labute approximate surface area is 104 Å². The van der Waals surface area contributed by atoms with Gasteiger partial charge in [-0.3, -0.25) is 4.68 Å². The van der Waals surface area contributed by atoms with Crippen LogP contribution in [0, 0.1) is 0 Å². The van der Waals surface area contributed by atoms with Crippen molar-refractivity contribution in [3.05, 3.63) is 18.0 Å². The van der Waals surface area contributed by atoms with Gasteiger partial charge in [-0.1, -0.05) is 6.92 Å². The summed E-state index contributed by atoms with van der Waals surface area (Å²) in [4.78, 5) is 0. The number of nitrogens with zero attached hydrogens (tertiary/aromatic N) is 2. The monoisotopic (exact) mass is 240 g/mol. The fourth-order valence-electron chi connectivity index (χ4n) is 1.89. The third-order valence-electron chi connectivity index (χ3n) is 3.32. The van der Waals surface area contributed by atoms with E-state index in [1.807, 2.05) is 44.8 Å². The summed E-state index contributed by atoms with van der Waals surface area (Å²) < 4.78 is 7.54. The molecule has 4 heteroatoms. The molecule has 0 aliphatic heterocycles. The first kappa shape index (κ1) is 14.2. The Bertz CT molecular complexity index is 338. The largest absolute Gasteiger partial charge is 0.390 e. The molecule has 1 N–H and O–H groups in total. The number of rotatable bonds is 7. The van der Waals surface area contributed by atoms with Gasteiger partial charge in [-0.15, -0.1) is 0 Å². The van der Waals surface area contributed by atoms with Gasteiger partial charge in [-0.05, 0) is 32.8 Å². The van der Waals surface area contributed by atoms with Crippen molar-refractivity contribution in [1.29, 1.82) is 0 Å². The van der Waals surface area contributed by atoms with E-state index in [0.29, 0.717) is 13.0 Å². The average Bonchev–Trinajstić information content (AvgIpc) is 2.76. The maximum atomic E-state index is 10.3. The number of aliphatic hydroxyl groups excluding tert-OH is 1. The van der Waals surface area contributed by atoms with Gasteiger partial charge in [0.2, 0.25) is 0 Å². The van der Waals surface area contributed by atoms with Gasteiger partial charge in [0.15, 0.2) is 0 Å². The van der Waals surface area contributed by atoms with E-state index in [2.05, 4.69) is 5.10 Å². The lowest BCUT2D eigenvalue weighted by Gasteiger charge is -2.33. The highest BCUT2D eigenvalue weighted by molar-refractivity contribution is 5.07. The van der Waals surface area contributed by atoms with Gasteiger partial charge in [0.05, 0.1) is 17.9 Å². The second-order valence-corrected chi connectivity index (χ2v) is 4.52. The van der Waals surface area contributed by atoms with Gasteiger partial charge < -0.3 is 9.84 Å². The first-order valence-electron chi connectivity index (χ1n) is 6.39. The third kappa shape index (κ3) is 3.54. The molecule has 2 unspecified atom stereocenters. The number of ether oxygens (including phenoxy) is 1. The Morgan fingerprint density at radius 3 is 2.65 bits per heavy atom. The Morgan fingerprint density at radius 1 is 1.47 bits per heavy atom. The van der Waals surface area contributed by atoms with Crippen LogP contribution in [-0.4, -0.2) is 33.2 Å². The second kappa shape index (κ2) is 6.17. The van der Waals surface area contributed by atoms with E-state index in [0.717, 1.165) is 18.5 Å². The molecule has 1 aromatic rings. The minimum absolute atomic E-state index is 0.469. The molecule has 0 radical (unpaired) electrons. The molecular weight excluding hydrogens is 216 g/mol. The lowest BCUT2D eigenvalue weighted by atomic mass is 9.91. The van der Waals surface area contributed by atoms with E-state index in [1.165, 1.54) is 0 Å². The van der Waals surface area contributed by atoms with Crippen LogP contribution >= 0.6 is 0 Å². The van der Waals surface area contributed by atoms with Gasteiger partial charge in [0, 0.05) is 25.8 Å². The fraction of sp³-hybridized carbons (Fsp3) is 0.769. The number of aromatic nitrogens is 2. The maximum Gasteiger partial charge on any atom is 0.0912 e. The molecule has 0 saturated heterocycles. The van der Waals surface area contributed by atoms with E-state index in [9.17, 15) is 5.11 Å². The molecule has 1 heterocycles. The first-order chi connectivity index (χ1) is 8.05. The van der Waals surface area contributed by atoms with Crippen LogP contribution in [0.15, 0.2) is 12.4 Å². The minimum Gasteiger partial charge on any atom is -0.390 e. The van der Waals surface area contributed by atoms with Crippen molar-refractivity contribution >= 4 is 0 Å². The summed E-state index contributed by atoms with van der Waals surface area (Å²) in [6.07, 6.45) is 4.68. The first-order valence-corrected chi connectivity index (χ1v) is 6.39. The SMILES string of the molecule is CCOC(C)(CC)C(O)Cc1cnn(CC)c1. The minimum atomic E-state index is -0.498. The molecule has 0 spiro atoms. The summed E-state index contributed by atoms with van der Waals surface area (Å²) in [7, 11) is 0. The predicted octanol–water partition coefficient (Wildman–Crippen LogP) is 2.01. The Hall–Kier alpha value is -0.870. The van der Waals surface area contributed by atoms with Crippen molar-refractivity contribution in [2.45, 2.75) is 58.8 Å². The van der Waals surface area contributed by atoms with Crippen LogP contribution in [0.1, 0.15) is 39.7 Å². The van der Waals surface area contributed by atoms with Crippen molar-refractivity contribution < 1.29 is 9.84 Å². The summed E-state index contributed by atoms with van der Waals surface area (Å²) in [5, 5.41) is 14.5. The summed E-state index contributed by atoms with van der Waals surface area (Å²) >= 11 is 0. The summed E-state index contributed by atoms with van der Waals surface area (Å²) in [5.74, 6) is 0. The summed E-state index contributed by atoms with van der Waals surface area (Å²) in [5.41, 5.74) is 0.585. The normalized spacial score (nSPS) is 16.8. The van der Waals surface area contributed by atoms with Crippen LogP contribution in [-0.2, 0) is 17.7 Å². The molecule has 0 aliphatic carbocycles. The van der Waals surface area contributed by atoms with E-state index >= 15 is 0 Å². The molecule has 0 fully saturated rings. The second-order valence-electron chi connectivity index (χ2n) is 4.52. The number of aryl methyl sites for hydroxylation is 1. The zero-order valence-corrected chi connectivity index (χ0v) is 11.3. The van der Waals surface area contributed by atoms with Gasteiger partial charge in [0.25, 0.3) is 0 Å². The van der Waals surface area contributed by atoms with Gasteiger partial charge in [-0.25, -0.2) is 0 Å². The molecule has 0 saturated carbocycles. The average molecular weight is 240 g/mol. The Morgan fingerprint density at radius 2 is 2.18 bits per heavy atom. The van der Waals surface area contributed by atoms with Crippen molar-refractivity contribution in [3.63, 3.8) is 0 Å². The zero-order valence-electron chi connectivity index (χ0n) is 11.3. The molecule has 0 amide bonds. The smallest absolute Gasteiger partial charge is 0.0912 e. The quantitative estimate of drug-likeness (QED) is 0.793. The van der Waals surface area contributed by atoms with E-state index < -0.39 is 11.7 Å². The highest BCUT2D eigenvalue weighted by Crippen LogP contribution is 2.23. The Kier molecular flexibility index (Phi) is 5.15. The fourth-order valence-corrected chi connectivity index (χ4v) is 1.89. The maximum absolute atomic E-state index is 10.3. The molecule has 0 aliphatic rings. The molecule has 2 atom stereocenters. The van der Waals surface area contributed by atoms with Crippen molar-refractivity contribution in [2.75, 3.05) is 6.61 Å². The van der Waals surface area contributed by atoms with Crippen LogP contribution in [0.5, 0.6) is 0 Å². The third-order valence-corrected chi connectivity index (χ3v) is 3.32. The molecule has 0 aromatic carbocycles. The van der Waals surface area contributed by atoms with E-state index in [-0.39, 0.29) is 0 Å². The van der Waals surface area contributed by atoms with Crippen LogP contribution in [0.4, 0.5) is 0 Å². The molecule has 98 valence electrons. The lowest BCUT2D eigenvalue weighted by Crippen LogP contribution is -2.42. The van der Waals surface area contributed by atoms with Crippen LogP contribution in [0.2, 0.25) is 0 Å². The van der Waals surface area contributed by atoms with Crippen molar-refractivity contribution in [3.8, 4) is 0 Å². The van der Waals surface area contributed by atoms with E-state index in [4.69, 9.17) is 4.74 Å². The van der Waals surface area contributed by atoms with Gasteiger partial charge >= 0.3 is 0 Å². The number of hydrogen-bond donors (Lipinski definition) is 1. The highest BCUT2D eigenvalue weighted by atomic mass is 16.5. The number of aliphatic hydroxyl groups is 1. The summed E-state index contributed by atoms with van der Waals surface area (Å²) in [6, 6.07) is 0. The molecule has 1 aromatic heterocycles. The van der Waals surface area contributed by atoms with Crippen LogP contribution in [0.3, 0.4) is 0 Å². The predicted molar refractivity (Wildman–Crippen MR) is 67.9 cm³/mol. The molecule has 1 rings (SSSR count). The molecular formula is C13H24N2O2. The van der Waals surface area contributed by atoms with Gasteiger partial charge in [-0.2, -0.15) is 5.10 Å². The zero-order chi connectivity index (χ0) is 12.9. The Balaban J connectivity index is 2.66. The molecule has 17 heavy (non-hydrogen) atoms. The van der Waals surface area contributed by atoms with Crippen LogP contribution < -0.4 is 0 Å². The summed E-state index contributed by atoms with van der Waals surface area (Å²) in [6.45, 7) is 9.47. The lowest BCUT2D eigenvalue weighted by molar-refractivity contribution is -0.110. The standard InChI is InChI=1S/C13H24N2O2/c1-5-13(4,17-7-3)12(16)8-11-9-14-15(6-2)10-11/h9-10,12,16H,5-8H2,1-4H3. The molecule has 0 bridgehead atoms. The van der Waals surface area contributed by atoms with Crippen molar-refractivity contribution in [1.82, 2.24) is 9.78 Å². The van der Waals surface area contributed by atoms with Crippen molar-refractivity contribution in [2.24, 2.45) is 0 Å². The topological polar surface area (TPSA) is 47.3 Å². The van der Waals surface area contributed by atoms with Crippen LogP contribution in [0.25, 0.3) is 0 Å². The molecule has 4 nitrogen and oxygen atoms in total. The highest BCUT2D eigenvalue weighted by Gasteiger charge is 2.32. The van der Waals surface area contributed by atoms with Gasteiger partial charge in [0.1, 0.15) is 0 Å². The van der Waals surface area contributed by atoms with E-state index in [1.54, 1.807) is 0 Å². The number of hydrogen-bond acceptors (Lipinski definition) is 3.